The SMILES string of the molecule is Cc1ccc(C)c(-n2ccnc2SCC(=O)Nc2sccc2C#N)c1. The van der Waals surface area contributed by atoms with E-state index in [2.05, 4.69) is 41.5 Å². The predicted octanol–water partition coefficient (Wildman–Crippen LogP) is 4.15. The minimum absolute atomic E-state index is 0.153. The summed E-state index contributed by atoms with van der Waals surface area (Å²) in [6, 6.07) is 10.0. The highest BCUT2D eigenvalue weighted by Gasteiger charge is 2.12. The van der Waals surface area contributed by atoms with E-state index in [0.29, 0.717) is 10.6 Å². The molecule has 0 spiro atoms. The number of rotatable bonds is 5. The third kappa shape index (κ3) is 3.92. The maximum atomic E-state index is 12.2. The van der Waals surface area contributed by atoms with Gasteiger partial charge in [0, 0.05) is 12.4 Å². The smallest absolute Gasteiger partial charge is 0.235 e. The first kappa shape index (κ1) is 17.3. The van der Waals surface area contributed by atoms with E-state index in [1.54, 1.807) is 17.6 Å². The van der Waals surface area contributed by atoms with Crippen LogP contribution < -0.4 is 5.32 Å². The number of aromatic nitrogens is 2. The third-order valence-electron chi connectivity index (χ3n) is 3.60. The van der Waals surface area contributed by atoms with Gasteiger partial charge in [0.15, 0.2) is 5.16 Å². The fourth-order valence-corrected chi connectivity index (χ4v) is 3.87. The third-order valence-corrected chi connectivity index (χ3v) is 5.40. The number of nitrogens with zero attached hydrogens (tertiary/aromatic N) is 3. The second-order valence-electron chi connectivity index (χ2n) is 5.48. The van der Waals surface area contributed by atoms with Crippen molar-refractivity contribution < 1.29 is 4.79 Å². The Morgan fingerprint density at radius 3 is 3.04 bits per heavy atom. The van der Waals surface area contributed by atoms with E-state index in [1.165, 1.54) is 28.7 Å². The summed E-state index contributed by atoms with van der Waals surface area (Å²) >= 11 is 2.71. The van der Waals surface area contributed by atoms with E-state index in [0.717, 1.165) is 16.4 Å². The molecular weight excluding hydrogens is 352 g/mol. The molecule has 0 unspecified atom stereocenters. The van der Waals surface area contributed by atoms with Crippen LogP contribution in [0.1, 0.15) is 16.7 Å². The van der Waals surface area contributed by atoms with Gasteiger partial charge in [0.25, 0.3) is 0 Å². The van der Waals surface area contributed by atoms with Gasteiger partial charge in [0.2, 0.25) is 5.91 Å². The van der Waals surface area contributed by atoms with Gasteiger partial charge in [-0.05, 0) is 42.5 Å². The summed E-state index contributed by atoms with van der Waals surface area (Å²) in [6.07, 6.45) is 3.63. The second kappa shape index (κ2) is 7.55. The number of carbonyl (C=O) groups is 1. The highest BCUT2D eigenvalue weighted by Crippen LogP contribution is 2.25. The van der Waals surface area contributed by atoms with Crippen molar-refractivity contribution in [3.63, 3.8) is 0 Å². The molecular formula is C18H16N4OS2. The van der Waals surface area contributed by atoms with Crippen LogP contribution in [0.4, 0.5) is 5.00 Å². The lowest BCUT2D eigenvalue weighted by atomic mass is 10.1. The van der Waals surface area contributed by atoms with Crippen LogP contribution in [0, 0.1) is 25.2 Å². The molecule has 0 fully saturated rings. The van der Waals surface area contributed by atoms with Crippen molar-refractivity contribution in [3.05, 3.63) is 58.7 Å². The molecule has 0 saturated carbocycles. The zero-order chi connectivity index (χ0) is 17.8. The number of benzene rings is 1. The van der Waals surface area contributed by atoms with Crippen molar-refractivity contribution in [3.8, 4) is 11.8 Å². The molecule has 0 aliphatic rings. The van der Waals surface area contributed by atoms with Crippen LogP contribution in [0.5, 0.6) is 0 Å². The highest BCUT2D eigenvalue weighted by atomic mass is 32.2. The summed E-state index contributed by atoms with van der Waals surface area (Å²) in [5.74, 6) is 0.0736. The van der Waals surface area contributed by atoms with Crippen LogP contribution >= 0.6 is 23.1 Å². The van der Waals surface area contributed by atoms with Crippen molar-refractivity contribution in [1.29, 1.82) is 5.26 Å². The number of aryl methyl sites for hydroxylation is 2. The van der Waals surface area contributed by atoms with Gasteiger partial charge in [-0.1, -0.05) is 23.9 Å². The number of hydrogen-bond acceptors (Lipinski definition) is 5. The Morgan fingerprint density at radius 2 is 2.24 bits per heavy atom. The topological polar surface area (TPSA) is 70.7 Å². The summed E-state index contributed by atoms with van der Waals surface area (Å²) in [6.45, 7) is 4.10. The molecule has 1 aromatic carbocycles. The van der Waals surface area contributed by atoms with E-state index in [4.69, 9.17) is 5.26 Å². The Hall–Kier alpha value is -2.56. The van der Waals surface area contributed by atoms with Gasteiger partial charge in [0.05, 0.1) is 17.0 Å². The molecule has 25 heavy (non-hydrogen) atoms. The molecule has 1 N–H and O–H groups in total. The first-order chi connectivity index (χ1) is 12.1. The summed E-state index contributed by atoms with van der Waals surface area (Å²) in [5.41, 5.74) is 3.86. The molecule has 2 aromatic heterocycles. The van der Waals surface area contributed by atoms with Gasteiger partial charge in [-0.3, -0.25) is 9.36 Å². The molecule has 126 valence electrons. The van der Waals surface area contributed by atoms with E-state index in [-0.39, 0.29) is 11.7 Å². The average Bonchev–Trinajstić information content (AvgIpc) is 3.24. The number of hydrogen-bond donors (Lipinski definition) is 1. The Kier molecular flexibility index (Phi) is 5.22. The van der Waals surface area contributed by atoms with Crippen molar-refractivity contribution in [2.24, 2.45) is 0 Å². The van der Waals surface area contributed by atoms with Crippen LogP contribution in [0.2, 0.25) is 0 Å². The maximum absolute atomic E-state index is 12.2. The Balaban J connectivity index is 1.71. The minimum atomic E-state index is -0.153. The molecule has 1 amide bonds. The lowest BCUT2D eigenvalue weighted by Crippen LogP contribution is -2.14. The van der Waals surface area contributed by atoms with Crippen molar-refractivity contribution >= 4 is 34.0 Å². The molecule has 0 aliphatic heterocycles. The van der Waals surface area contributed by atoms with Gasteiger partial charge < -0.3 is 5.32 Å². The normalized spacial score (nSPS) is 10.4. The van der Waals surface area contributed by atoms with Crippen molar-refractivity contribution in [2.45, 2.75) is 19.0 Å². The molecule has 2 heterocycles. The maximum Gasteiger partial charge on any atom is 0.235 e. The van der Waals surface area contributed by atoms with E-state index in [9.17, 15) is 4.79 Å². The van der Waals surface area contributed by atoms with Gasteiger partial charge >= 0.3 is 0 Å². The summed E-state index contributed by atoms with van der Waals surface area (Å²) in [5, 5.41) is 14.9. The standard InChI is InChI=1S/C18H16N4OS2/c1-12-3-4-13(2)15(9-12)22-7-6-20-18(22)25-11-16(23)21-17-14(10-19)5-8-24-17/h3-9H,11H2,1-2H3,(H,21,23). The number of thioether (sulfide) groups is 1. The first-order valence-electron chi connectivity index (χ1n) is 7.59. The van der Waals surface area contributed by atoms with Gasteiger partial charge in [-0.15, -0.1) is 11.3 Å². The fourth-order valence-electron chi connectivity index (χ4n) is 2.35. The molecule has 3 aromatic rings. The molecule has 5 nitrogen and oxygen atoms in total. The average molecular weight is 368 g/mol. The molecule has 0 bridgehead atoms. The number of carbonyl (C=O) groups excluding carboxylic acids is 1. The van der Waals surface area contributed by atoms with Crippen LogP contribution in [0.3, 0.4) is 0 Å². The Bertz CT molecular complexity index is 952. The lowest BCUT2D eigenvalue weighted by molar-refractivity contribution is -0.113. The highest BCUT2D eigenvalue weighted by molar-refractivity contribution is 7.99. The molecule has 3 rings (SSSR count). The molecule has 0 atom stereocenters. The quantitative estimate of drug-likeness (QED) is 0.687. The Morgan fingerprint density at radius 1 is 1.40 bits per heavy atom. The number of thiophene rings is 1. The number of anilines is 1. The number of imidazole rings is 1. The van der Waals surface area contributed by atoms with Crippen molar-refractivity contribution in [1.82, 2.24) is 9.55 Å². The van der Waals surface area contributed by atoms with Crippen LogP contribution in [-0.2, 0) is 4.79 Å². The predicted molar refractivity (Wildman–Crippen MR) is 101 cm³/mol. The van der Waals surface area contributed by atoms with E-state index >= 15 is 0 Å². The summed E-state index contributed by atoms with van der Waals surface area (Å²) < 4.78 is 1.99. The summed E-state index contributed by atoms with van der Waals surface area (Å²) in [4.78, 5) is 16.5. The molecule has 0 radical (unpaired) electrons. The van der Waals surface area contributed by atoms with Gasteiger partial charge in [-0.2, -0.15) is 5.26 Å². The fraction of sp³-hybridized carbons (Fsp3) is 0.167. The largest absolute Gasteiger partial charge is 0.316 e. The number of nitriles is 1. The van der Waals surface area contributed by atoms with Gasteiger partial charge in [0.1, 0.15) is 11.1 Å². The number of amides is 1. The summed E-state index contributed by atoms with van der Waals surface area (Å²) in [7, 11) is 0. The molecule has 7 heteroatoms. The molecule has 0 saturated heterocycles. The van der Waals surface area contributed by atoms with Crippen LogP contribution in [0.25, 0.3) is 5.69 Å². The van der Waals surface area contributed by atoms with Gasteiger partial charge in [-0.25, -0.2) is 4.98 Å². The van der Waals surface area contributed by atoms with Crippen LogP contribution in [0.15, 0.2) is 47.2 Å². The zero-order valence-corrected chi connectivity index (χ0v) is 15.4. The van der Waals surface area contributed by atoms with Crippen molar-refractivity contribution in [2.75, 3.05) is 11.1 Å². The lowest BCUT2D eigenvalue weighted by Gasteiger charge is -2.11. The molecule has 0 aliphatic carbocycles. The van der Waals surface area contributed by atoms with Crippen LogP contribution in [-0.4, -0.2) is 21.2 Å². The number of nitrogens with one attached hydrogen (secondary N) is 1. The monoisotopic (exact) mass is 368 g/mol. The Labute approximate surface area is 154 Å². The van der Waals surface area contributed by atoms with E-state index < -0.39 is 0 Å². The first-order valence-corrected chi connectivity index (χ1v) is 9.46. The zero-order valence-electron chi connectivity index (χ0n) is 13.8. The minimum Gasteiger partial charge on any atom is -0.316 e. The van der Waals surface area contributed by atoms with E-state index in [1.807, 2.05) is 17.7 Å². The second-order valence-corrected chi connectivity index (χ2v) is 7.34.